The minimum absolute atomic E-state index is 0.0710. The van der Waals surface area contributed by atoms with Crippen LogP contribution in [0.2, 0.25) is 0 Å². The molecule has 1 heterocycles. The Balaban J connectivity index is 1.67. The van der Waals surface area contributed by atoms with Crippen LogP contribution in [0.4, 0.5) is 0 Å². The lowest BCUT2D eigenvalue weighted by atomic mass is 9.89. The molecular weight excluding hydrogens is 262 g/mol. The van der Waals surface area contributed by atoms with Gasteiger partial charge >= 0.3 is 0 Å². The highest BCUT2D eigenvalue weighted by molar-refractivity contribution is 5.79. The van der Waals surface area contributed by atoms with Crippen molar-refractivity contribution in [1.29, 1.82) is 0 Å². The molecule has 1 fully saturated rings. The second-order valence-corrected chi connectivity index (χ2v) is 5.96. The maximum absolute atomic E-state index is 12.3. The lowest BCUT2D eigenvalue weighted by Gasteiger charge is -2.30. The molecular formula is C17H21N3O. The quantitative estimate of drug-likeness (QED) is 0.886. The van der Waals surface area contributed by atoms with Gasteiger partial charge in [0.05, 0.1) is 6.42 Å². The standard InChI is InChI=1S/C17H21N3O/c21-16(12-15-8-11-18-20-15)19-17(9-4-5-10-17)13-14-6-2-1-3-7-14/h1-3,6-8,11H,4-5,9-10,12-13H2,(H,18,20)(H,19,21). The van der Waals surface area contributed by atoms with Gasteiger partial charge in [0.15, 0.2) is 0 Å². The van der Waals surface area contributed by atoms with E-state index in [0.717, 1.165) is 25.0 Å². The second kappa shape index (κ2) is 6.12. The third kappa shape index (κ3) is 3.51. The van der Waals surface area contributed by atoms with E-state index in [-0.39, 0.29) is 11.4 Å². The molecule has 21 heavy (non-hydrogen) atoms. The molecule has 1 amide bonds. The monoisotopic (exact) mass is 283 g/mol. The first-order chi connectivity index (χ1) is 10.3. The molecule has 1 aromatic carbocycles. The molecule has 3 rings (SSSR count). The van der Waals surface area contributed by atoms with Crippen LogP contribution in [-0.4, -0.2) is 21.6 Å². The Morgan fingerprint density at radius 1 is 1.19 bits per heavy atom. The Labute approximate surface area is 125 Å². The molecule has 0 bridgehead atoms. The molecule has 1 aliphatic rings. The van der Waals surface area contributed by atoms with Gasteiger partial charge in [-0.15, -0.1) is 0 Å². The Morgan fingerprint density at radius 2 is 1.95 bits per heavy atom. The molecule has 0 unspecified atom stereocenters. The highest BCUT2D eigenvalue weighted by Crippen LogP contribution is 2.32. The highest BCUT2D eigenvalue weighted by atomic mass is 16.1. The number of benzene rings is 1. The molecule has 1 aromatic heterocycles. The number of aromatic nitrogens is 2. The van der Waals surface area contributed by atoms with Crippen LogP contribution in [-0.2, 0) is 17.6 Å². The molecule has 110 valence electrons. The van der Waals surface area contributed by atoms with E-state index in [1.165, 1.54) is 18.4 Å². The third-order valence-corrected chi connectivity index (χ3v) is 4.26. The van der Waals surface area contributed by atoms with E-state index in [1.807, 2.05) is 12.1 Å². The molecule has 4 heteroatoms. The summed E-state index contributed by atoms with van der Waals surface area (Å²) >= 11 is 0. The van der Waals surface area contributed by atoms with Gasteiger partial charge in [0, 0.05) is 17.4 Å². The van der Waals surface area contributed by atoms with Crippen LogP contribution >= 0.6 is 0 Å². The van der Waals surface area contributed by atoms with E-state index in [9.17, 15) is 4.79 Å². The minimum Gasteiger partial charge on any atom is -0.350 e. The summed E-state index contributed by atoms with van der Waals surface area (Å²) in [6.45, 7) is 0. The zero-order chi connectivity index (χ0) is 14.5. The number of amides is 1. The number of H-pyrrole nitrogens is 1. The van der Waals surface area contributed by atoms with Crippen LogP contribution in [0.5, 0.6) is 0 Å². The van der Waals surface area contributed by atoms with Crippen molar-refractivity contribution in [1.82, 2.24) is 15.5 Å². The van der Waals surface area contributed by atoms with Crippen molar-refractivity contribution >= 4 is 5.91 Å². The smallest absolute Gasteiger partial charge is 0.226 e. The molecule has 4 nitrogen and oxygen atoms in total. The summed E-state index contributed by atoms with van der Waals surface area (Å²) in [6.07, 6.45) is 7.48. The normalized spacial score (nSPS) is 16.8. The Hall–Kier alpha value is -2.10. The highest BCUT2D eigenvalue weighted by Gasteiger charge is 2.35. The van der Waals surface area contributed by atoms with Gasteiger partial charge in [-0.1, -0.05) is 43.2 Å². The van der Waals surface area contributed by atoms with Crippen molar-refractivity contribution in [2.24, 2.45) is 0 Å². The van der Waals surface area contributed by atoms with Gasteiger partial charge < -0.3 is 5.32 Å². The number of hydrogen-bond acceptors (Lipinski definition) is 2. The van der Waals surface area contributed by atoms with Crippen LogP contribution in [0.1, 0.15) is 36.9 Å². The molecule has 0 atom stereocenters. The molecule has 0 radical (unpaired) electrons. The van der Waals surface area contributed by atoms with E-state index in [1.54, 1.807) is 6.20 Å². The number of hydrogen-bond donors (Lipinski definition) is 2. The predicted octanol–water partition coefficient (Wildman–Crippen LogP) is 2.62. The lowest BCUT2D eigenvalue weighted by Crippen LogP contribution is -2.48. The van der Waals surface area contributed by atoms with Crippen molar-refractivity contribution in [2.75, 3.05) is 0 Å². The lowest BCUT2D eigenvalue weighted by molar-refractivity contribution is -0.122. The first-order valence-corrected chi connectivity index (χ1v) is 7.59. The SMILES string of the molecule is O=C(Cc1ccn[nH]1)NC1(Cc2ccccc2)CCCC1. The summed E-state index contributed by atoms with van der Waals surface area (Å²) in [5.74, 6) is 0.0806. The van der Waals surface area contributed by atoms with Crippen LogP contribution in [0.25, 0.3) is 0 Å². The Bertz CT molecular complexity index is 571. The fraction of sp³-hybridized carbons (Fsp3) is 0.412. The van der Waals surface area contributed by atoms with Gasteiger partial charge in [0.25, 0.3) is 0 Å². The van der Waals surface area contributed by atoms with Gasteiger partial charge in [-0.25, -0.2) is 0 Å². The number of rotatable bonds is 5. The summed E-state index contributed by atoms with van der Waals surface area (Å²) in [7, 11) is 0. The van der Waals surface area contributed by atoms with Crippen molar-refractivity contribution < 1.29 is 4.79 Å². The average Bonchev–Trinajstić information content (AvgIpc) is 3.12. The van der Waals surface area contributed by atoms with E-state index >= 15 is 0 Å². The zero-order valence-corrected chi connectivity index (χ0v) is 12.1. The molecule has 2 N–H and O–H groups in total. The molecule has 0 saturated heterocycles. The summed E-state index contributed by atoms with van der Waals surface area (Å²) in [5.41, 5.74) is 2.08. The second-order valence-electron chi connectivity index (χ2n) is 5.96. The fourth-order valence-corrected chi connectivity index (χ4v) is 3.28. The third-order valence-electron chi connectivity index (χ3n) is 4.26. The Morgan fingerprint density at radius 3 is 2.62 bits per heavy atom. The van der Waals surface area contributed by atoms with Crippen LogP contribution < -0.4 is 5.32 Å². The number of aromatic amines is 1. The molecule has 1 saturated carbocycles. The van der Waals surface area contributed by atoms with Gasteiger partial charge in [-0.05, 0) is 30.9 Å². The zero-order valence-electron chi connectivity index (χ0n) is 12.1. The summed E-state index contributed by atoms with van der Waals surface area (Å²) in [4.78, 5) is 12.3. The van der Waals surface area contributed by atoms with E-state index in [4.69, 9.17) is 0 Å². The van der Waals surface area contributed by atoms with Gasteiger partial charge in [-0.3, -0.25) is 9.89 Å². The Kier molecular flexibility index (Phi) is 4.04. The van der Waals surface area contributed by atoms with E-state index < -0.39 is 0 Å². The van der Waals surface area contributed by atoms with E-state index in [0.29, 0.717) is 6.42 Å². The van der Waals surface area contributed by atoms with Crippen molar-refractivity contribution in [3.05, 3.63) is 53.9 Å². The number of carbonyl (C=O) groups excluding carboxylic acids is 1. The number of carbonyl (C=O) groups is 1. The molecule has 0 spiro atoms. The molecule has 0 aliphatic heterocycles. The summed E-state index contributed by atoms with van der Waals surface area (Å²) in [5, 5.41) is 10.0. The van der Waals surface area contributed by atoms with Gasteiger partial charge in [-0.2, -0.15) is 5.10 Å². The van der Waals surface area contributed by atoms with Crippen LogP contribution in [0.3, 0.4) is 0 Å². The summed E-state index contributed by atoms with van der Waals surface area (Å²) < 4.78 is 0. The predicted molar refractivity (Wildman–Crippen MR) is 81.8 cm³/mol. The van der Waals surface area contributed by atoms with Crippen molar-refractivity contribution in [2.45, 2.75) is 44.1 Å². The van der Waals surface area contributed by atoms with Crippen molar-refractivity contribution in [3.8, 4) is 0 Å². The number of nitrogens with one attached hydrogen (secondary N) is 2. The van der Waals surface area contributed by atoms with E-state index in [2.05, 4.69) is 39.8 Å². The fourth-order valence-electron chi connectivity index (χ4n) is 3.28. The average molecular weight is 283 g/mol. The number of nitrogens with zero attached hydrogens (tertiary/aromatic N) is 1. The minimum atomic E-state index is -0.0710. The topological polar surface area (TPSA) is 57.8 Å². The summed E-state index contributed by atoms with van der Waals surface area (Å²) in [6, 6.07) is 12.3. The van der Waals surface area contributed by atoms with Crippen LogP contribution in [0, 0.1) is 0 Å². The molecule has 1 aliphatic carbocycles. The maximum atomic E-state index is 12.3. The largest absolute Gasteiger partial charge is 0.350 e. The first kappa shape index (κ1) is 13.9. The maximum Gasteiger partial charge on any atom is 0.226 e. The van der Waals surface area contributed by atoms with Crippen LogP contribution in [0.15, 0.2) is 42.6 Å². The van der Waals surface area contributed by atoms with Gasteiger partial charge in [0.2, 0.25) is 5.91 Å². The first-order valence-electron chi connectivity index (χ1n) is 7.59. The van der Waals surface area contributed by atoms with Gasteiger partial charge in [0.1, 0.15) is 0 Å². The van der Waals surface area contributed by atoms with Crippen molar-refractivity contribution in [3.63, 3.8) is 0 Å². The molecule has 2 aromatic rings.